The second kappa shape index (κ2) is 5.31. The van der Waals surface area contributed by atoms with Crippen molar-refractivity contribution in [3.63, 3.8) is 0 Å². The van der Waals surface area contributed by atoms with Gasteiger partial charge in [-0.3, -0.25) is 4.57 Å². The molecule has 3 rings (SSSR count). The molecule has 7 heteroatoms. The van der Waals surface area contributed by atoms with Crippen LogP contribution in [0.25, 0.3) is 16.7 Å². The minimum absolute atomic E-state index is 0.291. The number of hydrogen-bond donors (Lipinski definition) is 1. The molecule has 0 fully saturated rings. The van der Waals surface area contributed by atoms with Crippen molar-refractivity contribution in [3.05, 3.63) is 45.1 Å². The molecule has 0 bridgehead atoms. The van der Waals surface area contributed by atoms with Crippen molar-refractivity contribution < 1.29 is 9.13 Å². The second-order valence-corrected chi connectivity index (χ2v) is 6.09. The quantitative estimate of drug-likeness (QED) is 0.680. The molecule has 0 unspecified atom stereocenters. The van der Waals surface area contributed by atoms with Gasteiger partial charge in [-0.15, -0.1) is 0 Å². The summed E-state index contributed by atoms with van der Waals surface area (Å²) in [7, 11) is 1.60. The van der Waals surface area contributed by atoms with Gasteiger partial charge in [-0.25, -0.2) is 9.37 Å². The smallest absolute Gasteiger partial charge is 0.205 e. The molecular formula is C14H10Br2FN3O. The monoisotopic (exact) mass is 413 g/mol. The maximum atomic E-state index is 13.6. The fraction of sp³-hybridized carbons (Fsp3) is 0.0714. The number of hydrogen-bond acceptors (Lipinski definition) is 3. The van der Waals surface area contributed by atoms with Gasteiger partial charge in [-0.1, -0.05) is 0 Å². The SMILES string of the molecule is COc1ccc(-n2c(N)nc3cc(F)c(Br)cc32)cc1Br. The molecule has 0 aliphatic rings. The molecular weight excluding hydrogens is 405 g/mol. The van der Waals surface area contributed by atoms with Gasteiger partial charge in [0.2, 0.25) is 5.95 Å². The van der Waals surface area contributed by atoms with E-state index in [0.717, 1.165) is 15.7 Å². The maximum absolute atomic E-state index is 13.6. The summed E-state index contributed by atoms with van der Waals surface area (Å²) in [6.07, 6.45) is 0. The van der Waals surface area contributed by atoms with Crippen LogP contribution in [0.1, 0.15) is 0 Å². The van der Waals surface area contributed by atoms with Crippen molar-refractivity contribution in [1.29, 1.82) is 0 Å². The molecule has 0 saturated carbocycles. The second-order valence-electron chi connectivity index (χ2n) is 4.38. The van der Waals surface area contributed by atoms with Gasteiger partial charge in [0.25, 0.3) is 0 Å². The Kier molecular flexibility index (Phi) is 3.62. The molecule has 1 aromatic heterocycles. The van der Waals surface area contributed by atoms with Crippen molar-refractivity contribution >= 4 is 48.8 Å². The van der Waals surface area contributed by atoms with E-state index in [1.807, 2.05) is 18.2 Å². The minimum atomic E-state index is -0.372. The third-order valence-electron chi connectivity index (χ3n) is 3.12. The van der Waals surface area contributed by atoms with Gasteiger partial charge in [0, 0.05) is 6.07 Å². The Morgan fingerprint density at radius 1 is 1.19 bits per heavy atom. The fourth-order valence-corrected chi connectivity index (χ4v) is 3.02. The van der Waals surface area contributed by atoms with Crippen molar-refractivity contribution in [3.8, 4) is 11.4 Å². The topological polar surface area (TPSA) is 53.1 Å². The standard InChI is InChI=1S/C14H10Br2FN3O/c1-21-13-3-2-7(4-9(13)16)20-12-5-8(15)10(17)6-11(12)19-14(20)18/h2-6H,1H3,(H2,18,19). The number of nitrogen functional groups attached to an aromatic ring is 1. The number of aromatic nitrogens is 2. The van der Waals surface area contributed by atoms with Gasteiger partial charge < -0.3 is 10.5 Å². The molecule has 21 heavy (non-hydrogen) atoms. The Labute approximate surface area is 137 Å². The summed E-state index contributed by atoms with van der Waals surface area (Å²) in [4.78, 5) is 4.20. The highest BCUT2D eigenvalue weighted by atomic mass is 79.9. The lowest BCUT2D eigenvalue weighted by molar-refractivity contribution is 0.412. The molecule has 0 spiro atoms. The normalized spacial score (nSPS) is 11.0. The summed E-state index contributed by atoms with van der Waals surface area (Å²) in [5, 5.41) is 0. The molecule has 0 atom stereocenters. The van der Waals surface area contributed by atoms with E-state index in [0.29, 0.717) is 21.7 Å². The van der Waals surface area contributed by atoms with Crippen molar-refractivity contribution in [2.75, 3.05) is 12.8 Å². The lowest BCUT2D eigenvalue weighted by atomic mass is 10.2. The highest BCUT2D eigenvalue weighted by Gasteiger charge is 2.14. The van der Waals surface area contributed by atoms with Crippen LogP contribution in [-0.4, -0.2) is 16.7 Å². The first-order chi connectivity index (χ1) is 10.0. The number of anilines is 1. The summed E-state index contributed by atoms with van der Waals surface area (Å²) in [5.74, 6) is 0.636. The zero-order chi connectivity index (χ0) is 15.1. The highest BCUT2D eigenvalue weighted by molar-refractivity contribution is 9.10. The number of rotatable bonds is 2. The third-order valence-corrected chi connectivity index (χ3v) is 4.34. The third kappa shape index (κ3) is 2.40. The first-order valence-electron chi connectivity index (χ1n) is 5.98. The van der Waals surface area contributed by atoms with Crippen molar-refractivity contribution in [1.82, 2.24) is 9.55 Å². The first-order valence-corrected chi connectivity index (χ1v) is 7.56. The van der Waals surface area contributed by atoms with E-state index in [1.54, 1.807) is 17.7 Å². The average molecular weight is 415 g/mol. The number of benzene rings is 2. The number of imidazole rings is 1. The van der Waals surface area contributed by atoms with Crippen LogP contribution in [0.5, 0.6) is 5.75 Å². The van der Waals surface area contributed by atoms with E-state index in [2.05, 4.69) is 36.8 Å². The van der Waals surface area contributed by atoms with Crippen LogP contribution in [-0.2, 0) is 0 Å². The zero-order valence-electron chi connectivity index (χ0n) is 10.9. The molecule has 0 amide bonds. The van der Waals surface area contributed by atoms with Crippen molar-refractivity contribution in [2.45, 2.75) is 0 Å². The summed E-state index contributed by atoms with van der Waals surface area (Å²) >= 11 is 6.62. The Bertz CT molecular complexity index is 848. The Morgan fingerprint density at radius 3 is 2.62 bits per heavy atom. The Hall–Kier alpha value is -1.60. The molecule has 4 nitrogen and oxygen atoms in total. The van der Waals surface area contributed by atoms with Crippen LogP contribution in [0, 0.1) is 5.82 Å². The van der Waals surface area contributed by atoms with Crippen LogP contribution in [0.2, 0.25) is 0 Å². The van der Waals surface area contributed by atoms with Gasteiger partial charge in [-0.05, 0) is 56.1 Å². The summed E-state index contributed by atoms with van der Waals surface area (Å²) in [6, 6.07) is 8.56. The van der Waals surface area contributed by atoms with Gasteiger partial charge in [0.15, 0.2) is 0 Å². The lowest BCUT2D eigenvalue weighted by Gasteiger charge is -2.09. The highest BCUT2D eigenvalue weighted by Crippen LogP contribution is 2.32. The molecule has 0 aliphatic heterocycles. The molecule has 1 heterocycles. The largest absolute Gasteiger partial charge is 0.496 e. The van der Waals surface area contributed by atoms with E-state index < -0.39 is 0 Å². The number of ether oxygens (including phenoxy) is 1. The van der Waals surface area contributed by atoms with Crippen molar-refractivity contribution in [2.24, 2.45) is 0 Å². The van der Waals surface area contributed by atoms with Crippen LogP contribution in [0.3, 0.4) is 0 Å². The molecule has 2 aromatic carbocycles. The van der Waals surface area contributed by atoms with E-state index in [9.17, 15) is 4.39 Å². The summed E-state index contributed by atoms with van der Waals surface area (Å²) in [5.41, 5.74) is 8.00. The molecule has 108 valence electrons. The molecule has 0 radical (unpaired) electrons. The predicted molar refractivity (Wildman–Crippen MR) is 87.4 cm³/mol. The molecule has 0 saturated heterocycles. The lowest BCUT2D eigenvalue weighted by Crippen LogP contribution is -2.01. The van der Waals surface area contributed by atoms with Crippen LogP contribution in [0.15, 0.2) is 39.3 Å². The van der Waals surface area contributed by atoms with Gasteiger partial charge in [-0.2, -0.15) is 0 Å². The Morgan fingerprint density at radius 2 is 1.95 bits per heavy atom. The average Bonchev–Trinajstić information content (AvgIpc) is 2.74. The van der Waals surface area contributed by atoms with Crippen LogP contribution in [0.4, 0.5) is 10.3 Å². The van der Waals surface area contributed by atoms with E-state index >= 15 is 0 Å². The van der Waals surface area contributed by atoms with E-state index in [-0.39, 0.29) is 5.82 Å². The predicted octanol–water partition coefficient (Wildman–Crippen LogP) is 4.28. The van der Waals surface area contributed by atoms with Crippen LogP contribution >= 0.6 is 31.9 Å². The number of nitrogens with two attached hydrogens (primary N) is 1. The van der Waals surface area contributed by atoms with E-state index in [4.69, 9.17) is 10.5 Å². The first kappa shape index (κ1) is 14.3. The van der Waals surface area contributed by atoms with Crippen LogP contribution < -0.4 is 10.5 Å². The van der Waals surface area contributed by atoms with Gasteiger partial charge >= 0.3 is 0 Å². The summed E-state index contributed by atoms with van der Waals surface area (Å²) in [6.45, 7) is 0. The van der Waals surface area contributed by atoms with E-state index in [1.165, 1.54) is 6.07 Å². The number of methoxy groups -OCH3 is 1. The summed E-state index contributed by atoms with van der Waals surface area (Å²) < 4.78 is 21.7. The Balaban J connectivity index is 2.27. The number of halogens is 3. The fourth-order valence-electron chi connectivity index (χ4n) is 2.16. The van der Waals surface area contributed by atoms with Gasteiger partial charge in [0.1, 0.15) is 11.6 Å². The zero-order valence-corrected chi connectivity index (χ0v) is 14.1. The number of fused-ring (bicyclic) bond motifs is 1. The van der Waals surface area contributed by atoms with Gasteiger partial charge in [0.05, 0.1) is 32.8 Å². The molecule has 0 aliphatic carbocycles. The molecule has 3 aromatic rings. The minimum Gasteiger partial charge on any atom is -0.496 e. The molecule has 2 N–H and O–H groups in total. The maximum Gasteiger partial charge on any atom is 0.205 e. The number of nitrogens with zero attached hydrogens (tertiary/aromatic N) is 2.